The fourth-order valence-electron chi connectivity index (χ4n) is 0.826. The number of nitrogens with zero attached hydrogens (tertiary/aromatic N) is 3. The number of carboxylic acid groups (broad SMARTS) is 1. The summed E-state index contributed by atoms with van der Waals surface area (Å²) in [5.74, 6) is -2.48. The van der Waals surface area contributed by atoms with Crippen LogP contribution < -0.4 is 16.5 Å². The SMILES string of the molecule is NC(=NSO)N(O)c1nc(N)c(C(=O)O)[nH]1. The van der Waals surface area contributed by atoms with Gasteiger partial charge in [-0.1, -0.05) is 0 Å². The van der Waals surface area contributed by atoms with Gasteiger partial charge in [0.05, 0.1) is 0 Å². The van der Waals surface area contributed by atoms with Crippen LogP contribution >= 0.6 is 12.2 Å². The summed E-state index contributed by atoms with van der Waals surface area (Å²) in [6, 6.07) is 0. The van der Waals surface area contributed by atoms with Gasteiger partial charge in [0.2, 0.25) is 11.9 Å². The zero-order chi connectivity index (χ0) is 12.3. The number of H-pyrrole nitrogens is 1. The lowest BCUT2D eigenvalue weighted by Gasteiger charge is -2.10. The molecule has 0 saturated carbocycles. The van der Waals surface area contributed by atoms with Crippen LogP contribution in [0.1, 0.15) is 10.5 Å². The van der Waals surface area contributed by atoms with Gasteiger partial charge in [-0.25, -0.2) is 4.79 Å². The minimum Gasteiger partial charge on any atom is -0.476 e. The van der Waals surface area contributed by atoms with Gasteiger partial charge in [0.25, 0.3) is 0 Å². The first kappa shape index (κ1) is 12.1. The zero-order valence-corrected chi connectivity index (χ0v) is 8.47. The van der Waals surface area contributed by atoms with Gasteiger partial charge in [0, 0.05) is 0 Å². The van der Waals surface area contributed by atoms with Gasteiger partial charge >= 0.3 is 5.97 Å². The summed E-state index contributed by atoms with van der Waals surface area (Å²) in [5, 5.41) is 18.2. The number of hydroxylamine groups is 1. The van der Waals surface area contributed by atoms with E-state index in [2.05, 4.69) is 14.4 Å². The zero-order valence-electron chi connectivity index (χ0n) is 7.65. The number of rotatable bonds is 3. The molecule has 0 fully saturated rings. The van der Waals surface area contributed by atoms with Crippen LogP contribution in [0.3, 0.4) is 0 Å². The van der Waals surface area contributed by atoms with E-state index in [0.717, 1.165) is 0 Å². The van der Waals surface area contributed by atoms with Crippen LogP contribution in [0.4, 0.5) is 11.8 Å². The van der Waals surface area contributed by atoms with Crippen LogP contribution in [-0.2, 0) is 0 Å². The van der Waals surface area contributed by atoms with Gasteiger partial charge in [-0.3, -0.25) is 5.21 Å². The second kappa shape index (κ2) is 4.69. The quantitative estimate of drug-likeness (QED) is 0.133. The average molecular weight is 248 g/mol. The molecule has 0 spiro atoms. The van der Waals surface area contributed by atoms with Crippen molar-refractivity contribution in [1.29, 1.82) is 0 Å². The van der Waals surface area contributed by atoms with E-state index in [1.165, 1.54) is 0 Å². The number of imidazole rings is 1. The highest BCUT2D eigenvalue weighted by molar-refractivity contribution is 7.92. The lowest BCUT2D eigenvalue weighted by Crippen LogP contribution is -2.34. The van der Waals surface area contributed by atoms with E-state index in [0.29, 0.717) is 0 Å². The Morgan fingerprint density at radius 3 is 2.69 bits per heavy atom. The molecule has 0 atom stereocenters. The van der Waals surface area contributed by atoms with Crippen LogP contribution in [0.15, 0.2) is 4.40 Å². The number of guanidine groups is 1. The summed E-state index contributed by atoms with van der Waals surface area (Å²) in [4.78, 5) is 16.3. The predicted molar refractivity (Wildman–Crippen MR) is 56.1 cm³/mol. The molecule has 0 radical (unpaired) electrons. The number of aromatic nitrogens is 2. The molecule has 0 amide bonds. The van der Waals surface area contributed by atoms with Crippen molar-refractivity contribution in [1.82, 2.24) is 9.97 Å². The Morgan fingerprint density at radius 1 is 1.62 bits per heavy atom. The Labute approximate surface area is 92.9 Å². The highest BCUT2D eigenvalue weighted by Gasteiger charge is 2.18. The Kier molecular flexibility index (Phi) is 3.55. The van der Waals surface area contributed by atoms with E-state index >= 15 is 0 Å². The molecule has 88 valence electrons. The van der Waals surface area contributed by atoms with Crippen molar-refractivity contribution in [3.05, 3.63) is 5.69 Å². The second-order valence-corrected chi connectivity index (χ2v) is 2.81. The number of anilines is 2. The third-order valence-electron chi connectivity index (χ3n) is 1.49. The van der Waals surface area contributed by atoms with Gasteiger partial charge in [0.15, 0.2) is 11.5 Å². The largest absolute Gasteiger partial charge is 0.476 e. The summed E-state index contributed by atoms with van der Waals surface area (Å²) < 4.78 is 11.5. The number of nitrogen functional groups attached to an aromatic ring is 1. The van der Waals surface area contributed by atoms with E-state index in [9.17, 15) is 10.0 Å². The van der Waals surface area contributed by atoms with Crippen LogP contribution in [-0.4, -0.2) is 36.8 Å². The number of carboxylic acids is 1. The minimum absolute atomic E-state index is 0.0221. The lowest BCUT2D eigenvalue weighted by atomic mass is 10.4. The molecule has 0 aliphatic heterocycles. The molecule has 1 aromatic heterocycles. The number of nitrogens with one attached hydrogen (secondary N) is 1. The summed E-state index contributed by atoms with van der Waals surface area (Å²) in [7, 11) is 0. The number of aromatic carboxylic acids is 1. The van der Waals surface area contributed by atoms with Crippen molar-refractivity contribution in [3.8, 4) is 0 Å². The average Bonchev–Trinajstić information content (AvgIpc) is 2.59. The van der Waals surface area contributed by atoms with E-state index in [1.54, 1.807) is 0 Å². The van der Waals surface area contributed by atoms with E-state index in [-0.39, 0.29) is 29.1 Å². The predicted octanol–water partition coefficient (Wildman–Crippen LogP) is -0.678. The molecule has 0 aliphatic rings. The number of hydrogen-bond acceptors (Lipinski definition) is 7. The van der Waals surface area contributed by atoms with Gasteiger partial charge in [-0.05, 0) is 0 Å². The smallest absolute Gasteiger partial charge is 0.356 e. The van der Waals surface area contributed by atoms with Crippen LogP contribution in [0, 0.1) is 0 Å². The number of carbonyl (C=O) groups is 1. The van der Waals surface area contributed by atoms with E-state index in [4.69, 9.17) is 21.1 Å². The maximum atomic E-state index is 10.6. The van der Waals surface area contributed by atoms with Gasteiger partial charge in [-0.15, -0.1) is 0 Å². The molecule has 10 nitrogen and oxygen atoms in total. The fraction of sp³-hybridized carbons (Fsp3) is 0. The van der Waals surface area contributed by atoms with E-state index in [1.807, 2.05) is 0 Å². The highest BCUT2D eigenvalue weighted by Crippen LogP contribution is 2.14. The molecule has 1 heterocycles. The molecule has 0 saturated heterocycles. The Morgan fingerprint density at radius 2 is 2.25 bits per heavy atom. The summed E-state index contributed by atoms with van der Waals surface area (Å²) in [6.45, 7) is 0. The first-order chi connectivity index (χ1) is 7.47. The molecule has 0 unspecified atom stereocenters. The van der Waals surface area contributed by atoms with Crippen molar-refractivity contribution in [2.75, 3.05) is 10.8 Å². The number of aromatic amines is 1. The maximum absolute atomic E-state index is 10.6. The van der Waals surface area contributed by atoms with Gasteiger partial charge < -0.3 is 26.1 Å². The molecule has 0 aliphatic carbocycles. The van der Waals surface area contributed by atoms with Crippen molar-refractivity contribution in [3.63, 3.8) is 0 Å². The molecule has 0 aromatic carbocycles. The molecular formula is C5H8N6O4S. The second-order valence-electron chi connectivity index (χ2n) is 2.47. The summed E-state index contributed by atoms with van der Waals surface area (Å²) in [5.41, 5.74) is 10.1. The van der Waals surface area contributed by atoms with Crippen LogP contribution in [0.2, 0.25) is 0 Å². The van der Waals surface area contributed by atoms with Crippen molar-refractivity contribution < 1.29 is 19.7 Å². The summed E-state index contributed by atoms with van der Waals surface area (Å²) >= 11 is 0.0221. The first-order valence-electron chi connectivity index (χ1n) is 3.69. The molecule has 0 bridgehead atoms. The number of hydrogen-bond donors (Lipinski definition) is 6. The third-order valence-corrected chi connectivity index (χ3v) is 1.75. The maximum Gasteiger partial charge on any atom is 0.356 e. The molecule has 16 heavy (non-hydrogen) atoms. The van der Waals surface area contributed by atoms with E-state index < -0.39 is 17.6 Å². The van der Waals surface area contributed by atoms with Crippen molar-refractivity contribution in [2.24, 2.45) is 10.1 Å². The molecule has 1 rings (SSSR count). The Balaban J connectivity index is 3.02. The topological polar surface area (TPSA) is 174 Å². The third kappa shape index (κ3) is 2.33. The normalized spacial score (nSPS) is 11.5. The molecular weight excluding hydrogens is 240 g/mol. The molecule has 1 aromatic rings. The summed E-state index contributed by atoms with van der Waals surface area (Å²) in [6.07, 6.45) is 0. The first-order valence-corrected chi connectivity index (χ1v) is 4.42. The Hall–Kier alpha value is -1.98. The highest BCUT2D eigenvalue weighted by atomic mass is 32.2. The van der Waals surface area contributed by atoms with Gasteiger partial charge in [0.1, 0.15) is 12.2 Å². The lowest BCUT2D eigenvalue weighted by molar-refractivity contribution is 0.0692. The standard InChI is InChI=1S/C5H8N6O4S/c6-2-1(3(12)13)8-5(9-2)11(14)4(7)10-16-15/h14-15H,6H2,(H2,7,10)(H,8,9)(H,12,13). The van der Waals surface area contributed by atoms with Crippen molar-refractivity contribution in [2.45, 2.75) is 0 Å². The molecule has 11 heteroatoms. The fourth-order valence-corrected chi connectivity index (χ4v) is 0.987. The minimum atomic E-state index is -1.34. The van der Waals surface area contributed by atoms with Crippen molar-refractivity contribution >= 4 is 35.9 Å². The van der Waals surface area contributed by atoms with Crippen LogP contribution in [0.25, 0.3) is 0 Å². The van der Waals surface area contributed by atoms with Crippen LogP contribution in [0.5, 0.6) is 0 Å². The van der Waals surface area contributed by atoms with Gasteiger partial charge in [-0.2, -0.15) is 14.4 Å². The number of nitrogens with two attached hydrogens (primary N) is 2. The Bertz CT molecular complexity index is 431. The monoisotopic (exact) mass is 248 g/mol. The molecule has 8 N–H and O–H groups in total.